The molecule has 2 aliphatic carbocycles. The van der Waals surface area contributed by atoms with Gasteiger partial charge in [0.05, 0.1) is 11.6 Å². The van der Waals surface area contributed by atoms with Gasteiger partial charge in [-0.25, -0.2) is 8.78 Å². The Bertz CT molecular complexity index is 1150. The van der Waals surface area contributed by atoms with E-state index in [4.69, 9.17) is 16.3 Å². The van der Waals surface area contributed by atoms with Crippen LogP contribution < -0.4 is 4.74 Å². The summed E-state index contributed by atoms with van der Waals surface area (Å²) in [6.45, 7) is 1.66. The lowest BCUT2D eigenvalue weighted by atomic mass is 9.88. The minimum atomic E-state index is -0.467. The van der Waals surface area contributed by atoms with Crippen LogP contribution in [0, 0.1) is 17.6 Å². The van der Waals surface area contributed by atoms with Crippen LogP contribution >= 0.6 is 11.6 Å². The average molecular weight is 531 g/mol. The molecule has 1 aliphatic heterocycles. The van der Waals surface area contributed by atoms with Crippen molar-refractivity contribution in [2.24, 2.45) is 5.92 Å². The van der Waals surface area contributed by atoms with Crippen molar-refractivity contribution in [2.45, 2.75) is 70.4 Å². The molecule has 1 saturated carbocycles. The number of halogens is 3. The number of fused-ring (bicyclic) bond motifs is 1. The first-order valence-electron chi connectivity index (χ1n) is 13.4. The van der Waals surface area contributed by atoms with Crippen molar-refractivity contribution in [3.8, 4) is 5.75 Å². The van der Waals surface area contributed by atoms with Gasteiger partial charge in [0.15, 0.2) is 11.6 Å². The van der Waals surface area contributed by atoms with Crippen LogP contribution in [0.1, 0.15) is 74.1 Å². The Morgan fingerprint density at radius 1 is 0.946 bits per heavy atom. The monoisotopic (exact) mass is 530 g/mol. The van der Waals surface area contributed by atoms with Crippen molar-refractivity contribution in [3.63, 3.8) is 0 Å². The summed E-state index contributed by atoms with van der Waals surface area (Å²) in [5.74, 6) is -0.561. The van der Waals surface area contributed by atoms with Gasteiger partial charge in [-0.15, -0.1) is 0 Å². The number of benzene rings is 2. The number of likely N-dealkylation sites (tertiary alicyclic amines) is 1. The molecule has 0 aromatic heterocycles. The van der Waals surface area contributed by atoms with Gasteiger partial charge in [0, 0.05) is 32.0 Å². The maximum absolute atomic E-state index is 15.0. The van der Waals surface area contributed by atoms with Crippen molar-refractivity contribution in [2.75, 3.05) is 19.7 Å². The number of carbonyl (C=O) groups excluding carboxylic acids is 2. The Balaban J connectivity index is 1.29. The highest BCUT2D eigenvalue weighted by Gasteiger charge is 2.31. The number of ether oxygens (including phenoxy) is 1. The smallest absolute Gasteiger partial charge is 0.229 e. The summed E-state index contributed by atoms with van der Waals surface area (Å²) in [4.78, 5) is 27.1. The van der Waals surface area contributed by atoms with Crippen molar-refractivity contribution < 1.29 is 23.1 Å². The Morgan fingerprint density at radius 3 is 2.43 bits per heavy atom. The molecule has 37 heavy (non-hydrogen) atoms. The summed E-state index contributed by atoms with van der Waals surface area (Å²) in [6, 6.07) is 8.43. The SMILES string of the molecule is O=C1CCC(=O)N1CCOc1ccc(CN(CC2CCCCC2)C2CCc3cc(F)c(Cl)cc32)cc1F. The summed E-state index contributed by atoms with van der Waals surface area (Å²) in [7, 11) is 0. The van der Waals surface area contributed by atoms with Gasteiger partial charge in [-0.05, 0) is 72.6 Å². The van der Waals surface area contributed by atoms with Gasteiger partial charge in [0.2, 0.25) is 11.8 Å². The fourth-order valence-corrected chi connectivity index (χ4v) is 6.25. The molecule has 2 fully saturated rings. The maximum atomic E-state index is 15.0. The molecule has 0 spiro atoms. The molecular formula is C29H33ClF2N2O3. The number of hydrogen-bond acceptors (Lipinski definition) is 4. The summed E-state index contributed by atoms with van der Waals surface area (Å²) >= 11 is 6.15. The predicted octanol–water partition coefficient (Wildman–Crippen LogP) is 6.22. The number of hydrogen-bond donors (Lipinski definition) is 0. The van der Waals surface area contributed by atoms with Crippen LogP contribution in [0.5, 0.6) is 5.75 Å². The zero-order valence-corrected chi connectivity index (χ0v) is 21.7. The largest absolute Gasteiger partial charge is 0.489 e. The fourth-order valence-electron chi connectivity index (χ4n) is 6.07. The topological polar surface area (TPSA) is 49.9 Å². The van der Waals surface area contributed by atoms with E-state index in [1.807, 2.05) is 6.07 Å². The number of amides is 2. The van der Waals surface area contributed by atoms with Crippen LogP contribution in [-0.4, -0.2) is 41.3 Å². The van der Waals surface area contributed by atoms with Crippen LogP contribution in [-0.2, 0) is 22.6 Å². The van der Waals surface area contributed by atoms with E-state index in [0.717, 1.165) is 36.1 Å². The summed E-state index contributed by atoms with van der Waals surface area (Å²) in [5.41, 5.74) is 2.92. The van der Waals surface area contributed by atoms with Crippen LogP contribution in [0.3, 0.4) is 0 Å². The van der Waals surface area contributed by atoms with Gasteiger partial charge in [0.25, 0.3) is 0 Å². The number of carbonyl (C=O) groups is 2. The Labute approximate surface area is 221 Å². The van der Waals surface area contributed by atoms with Crippen molar-refractivity contribution >= 4 is 23.4 Å². The summed E-state index contributed by atoms with van der Waals surface area (Å²) < 4.78 is 34.6. The molecule has 8 heteroatoms. The second-order valence-electron chi connectivity index (χ2n) is 10.5. The first-order chi connectivity index (χ1) is 17.9. The highest BCUT2D eigenvalue weighted by atomic mass is 35.5. The van der Waals surface area contributed by atoms with E-state index in [2.05, 4.69) is 4.90 Å². The third kappa shape index (κ3) is 5.99. The van der Waals surface area contributed by atoms with E-state index in [0.29, 0.717) is 12.5 Å². The Morgan fingerprint density at radius 2 is 1.70 bits per heavy atom. The second-order valence-corrected chi connectivity index (χ2v) is 10.9. The standard InChI is InChI=1S/C29H33ClF2N2O3/c30-23-16-22-21(15-24(23)31)7-8-26(22)33(17-19-4-2-1-3-5-19)18-20-6-9-27(25(32)14-20)37-13-12-34-28(35)10-11-29(34)36/h6,9,14-16,19,26H,1-5,7-8,10-13,17-18H2. The molecule has 0 bridgehead atoms. The van der Waals surface area contributed by atoms with Gasteiger partial charge in [-0.3, -0.25) is 19.4 Å². The lowest BCUT2D eigenvalue weighted by Gasteiger charge is -2.34. The van der Waals surface area contributed by atoms with Gasteiger partial charge < -0.3 is 4.74 Å². The molecule has 1 heterocycles. The summed E-state index contributed by atoms with van der Waals surface area (Å²) in [6.07, 6.45) is 8.31. The molecule has 2 aromatic carbocycles. The zero-order valence-electron chi connectivity index (χ0n) is 21.0. The van der Waals surface area contributed by atoms with Crippen LogP contribution in [0.4, 0.5) is 8.78 Å². The first kappa shape index (κ1) is 26.1. The molecule has 2 aromatic rings. The lowest BCUT2D eigenvalue weighted by Crippen LogP contribution is -2.33. The maximum Gasteiger partial charge on any atom is 0.229 e. The van der Waals surface area contributed by atoms with E-state index < -0.39 is 5.82 Å². The minimum absolute atomic E-state index is 0.0533. The second kappa shape index (κ2) is 11.5. The highest BCUT2D eigenvalue weighted by Crippen LogP contribution is 2.40. The molecule has 1 saturated heterocycles. The average Bonchev–Trinajstić information content (AvgIpc) is 3.43. The zero-order chi connectivity index (χ0) is 25.9. The Kier molecular flexibility index (Phi) is 8.10. The molecule has 5 rings (SSSR count). The molecular weight excluding hydrogens is 498 g/mol. The number of aryl methyl sites for hydroxylation is 1. The van der Waals surface area contributed by atoms with E-state index in [9.17, 15) is 18.4 Å². The first-order valence-corrected chi connectivity index (χ1v) is 13.7. The van der Waals surface area contributed by atoms with Gasteiger partial charge in [-0.2, -0.15) is 0 Å². The van der Waals surface area contributed by atoms with Crippen molar-refractivity contribution in [1.29, 1.82) is 0 Å². The van der Waals surface area contributed by atoms with E-state index in [1.165, 1.54) is 43.1 Å². The quantitative estimate of drug-likeness (QED) is 0.361. The van der Waals surface area contributed by atoms with Gasteiger partial charge in [0.1, 0.15) is 12.4 Å². The summed E-state index contributed by atoms with van der Waals surface area (Å²) in [5, 5.41) is 0.146. The normalized spacial score (nSPS) is 20.2. The van der Waals surface area contributed by atoms with Crippen LogP contribution in [0.25, 0.3) is 0 Å². The molecule has 1 unspecified atom stereocenters. The van der Waals surface area contributed by atoms with Crippen molar-refractivity contribution in [1.82, 2.24) is 9.80 Å². The predicted molar refractivity (Wildman–Crippen MR) is 137 cm³/mol. The minimum Gasteiger partial charge on any atom is -0.489 e. The molecule has 2 amide bonds. The molecule has 3 aliphatic rings. The Hall–Kier alpha value is -2.51. The number of nitrogens with zero attached hydrogens (tertiary/aromatic N) is 2. The molecule has 0 radical (unpaired) electrons. The van der Waals surface area contributed by atoms with Crippen LogP contribution in [0.15, 0.2) is 30.3 Å². The van der Waals surface area contributed by atoms with E-state index >= 15 is 0 Å². The molecule has 0 N–H and O–H groups in total. The molecule has 198 valence electrons. The third-order valence-corrected chi connectivity index (χ3v) is 8.29. The lowest BCUT2D eigenvalue weighted by molar-refractivity contribution is -0.138. The molecule has 5 nitrogen and oxygen atoms in total. The van der Waals surface area contributed by atoms with Gasteiger partial charge >= 0.3 is 0 Å². The van der Waals surface area contributed by atoms with Gasteiger partial charge in [-0.1, -0.05) is 36.9 Å². The third-order valence-electron chi connectivity index (χ3n) is 8.00. The highest BCUT2D eigenvalue weighted by molar-refractivity contribution is 6.30. The van der Waals surface area contributed by atoms with E-state index in [-0.39, 0.29) is 60.4 Å². The van der Waals surface area contributed by atoms with E-state index in [1.54, 1.807) is 18.2 Å². The number of rotatable bonds is 9. The fraction of sp³-hybridized carbons (Fsp3) is 0.517. The number of imide groups is 1. The molecule has 1 atom stereocenters. The van der Waals surface area contributed by atoms with Crippen molar-refractivity contribution in [3.05, 3.63) is 63.7 Å². The van der Waals surface area contributed by atoms with Crippen LogP contribution in [0.2, 0.25) is 5.02 Å².